The highest BCUT2D eigenvalue weighted by atomic mass is 32.2. The van der Waals surface area contributed by atoms with Crippen LogP contribution in [0.5, 0.6) is 0 Å². The zero-order chi connectivity index (χ0) is 17.8. The minimum Gasteiger partial charge on any atom is -0.335 e. The number of carbonyl (C=O) groups is 1. The predicted molar refractivity (Wildman–Crippen MR) is 96.6 cm³/mol. The van der Waals surface area contributed by atoms with E-state index in [0.717, 1.165) is 27.8 Å². The SMILES string of the molecule is Cc1nccn1CCC(=O)Nc1ccc2nc(SCC(F)F)sc2c1. The molecule has 0 bridgehead atoms. The molecule has 0 unspecified atom stereocenters. The van der Waals surface area contributed by atoms with E-state index in [0.29, 0.717) is 23.0 Å². The summed E-state index contributed by atoms with van der Waals surface area (Å²) in [5.74, 6) is 0.508. The molecule has 0 spiro atoms. The zero-order valence-electron chi connectivity index (χ0n) is 13.4. The Morgan fingerprint density at radius 3 is 3.00 bits per heavy atom. The summed E-state index contributed by atoms with van der Waals surface area (Å²) in [6.45, 7) is 2.45. The first kappa shape index (κ1) is 17.8. The quantitative estimate of drug-likeness (QED) is 0.623. The summed E-state index contributed by atoms with van der Waals surface area (Å²) in [4.78, 5) is 20.5. The fourth-order valence-electron chi connectivity index (χ4n) is 2.26. The second kappa shape index (κ2) is 7.92. The summed E-state index contributed by atoms with van der Waals surface area (Å²) in [5, 5.41) is 2.85. The Hall–Kier alpha value is -2.00. The Morgan fingerprint density at radius 2 is 2.28 bits per heavy atom. The van der Waals surface area contributed by atoms with E-state index in [1.807, 2.05) is 23.8 Å². The molecule has 2 heterocycles. The lowest BCUT2D eigenvalue weighted by Gasteiger charge is -2.07. The molecule has 0 saturated heterocycles. The maximum Gasteiger partial charge on any atom is 0.248 e. The molecular weight excluding hydrogens is 366 g/mol. The average Bonchev–Trinajstić information content (AvgIpc) is 3.16. The van der Waals surface area contributed by atoms with Gasteiger partial charge in [-0.3, -0.25) is 4.79 Å². The van der Waals surface area contributed by atoms with Crippen LogP contribution in [0, 0.1) is 6.92 Å². The van der Waals surface area contributed by atoms with Crippen molar-refractivity contribution in [3.63, 3.8) is 0 Å². The van der Waals surface area contributed by atoms with Crippen LogP contribution in [0.15, 0.2) is 34.9 Å². The Bertz CT molecular complexity index is 878. The number of hydrogen-bond donors (Lipinski definition) is 1. The fourth-order valence-corrected chi connectivity index (χ4v) is 4.14. The molecular formula is C16H16F2N4OS2. The van der Waals surface area contributed by atoms with Gasteiger partial charge in [0, 0.05) is 31.0 Å². The molecule has 0 saturated carbocycles. The van der Waals surface area contributed by atoms with Crippen molar-refractivity contribution in [2.24, 2.45) is 0 Å². The largest absolute Gasteiger partial charge is 0.335 e. The lowest BCUT2D eigenvalue weighted by molar-refractivity contribution is -0.116. The van der Waals surface area contributed by atoms with Gasteiger partial charge in [-0.15, -0.1) is 11.3 Å². The number of aromatic nitrogens is 3. The summed E-state index contributed by atoms with van der Waals surface area (Å²) < 4.78 is 28.0. The van der Waals surface area contributed by atoms with Gasteiger partial charge in [0.15, 0.2) is 4.34 Å². The highest BCUT2D eigenvalue weighted by molar-refractivity contribution is 8.01. The van der Waals surface area contributed by atoms with Gasteiger partial charge in [-0.1, -0.05) is 11.8 Å². The molecule has 0 atom stereocenters. The molecule has 9 heteroatoms. The van der Waals surface area contributed by atoms with Gasteiger partial charge in [-0.25, -0.2) is 18.7 Å². The van der Waals surface area contributed by atoms with E-state index < -0.39 is 6.43 Å². The van der Waals surface area contributed by atoms with E-state index in [1.54, 1.807) is 18.3 Å². The first-order valence-corrected chi connectivity index (χ1v) is 9.40. The molecule has 132 valence electrons. The van der Waals surface area contributed by atoms with Crippen molar-refractivity contribution in [2.75, 3.05) is 11.1 Å². The average molecular weight is 382 g/mol. The lowest BCUT2D eigenvalue weighted by Crippen LogP contribution is -2.14. The van der Waals surface area contributed by atoms with Gasteiger partial charge in [0.05, 0.1) is 16.0 Å². The second-order valence-corrected chi connectivity index (χ2v) is 7.63. The van der Waals surface area contributed by atoms with Crippen LogP contribution < -0.4 is 5.32 Å². The molecule has 0 aliphatic carbocycles. The highest BCUT2D eigenvalue weighted by Gasteiger charge is 2.10. The van der Waals surface area contributed by atoms with Crippen molar-refractivity contribution in [3.05, 3.63) is 36.4 Å². The Morgan fingerprint density at radius 1 is 1.44 bits per heavy atom. The van der Waals surface area contributed by atoms with Gasteiger partial charge in [-0.2, -0.15) is 0 Å². The van der Waals surface area contributed by atoms with Crippen LogP contribution in [0.25, 0.3) is 10.2 Å². The summed E-state index contributed by atoms with van der Waals surface area (Å²) in [6, 6.07) is 5.37. The molecule has 25 heavy (non-hydrogen) atoms. The summed E-state index contributed by atoms with van der Waals surface area (Å²) in [5.41, 5.74) is 1.42. The topological polar surface area (TPSA) is 59.8 Å². The Balaban J connectivity index is 1.61. The number of fused-ring (bicyclic) bond motifs is 1. The molecule has 2 aromatic heterocycles. The summed E-state index contributed by atoms with van der Waals surface area (Å²) >= 11 is 2.39. The number of rotatable bonds is 7. The smallest absolute Gasteiger partial charge is 0.248 e. The van der Waals surface area contributed by atoms with E-state index in [1.165, 1.54) is 11.3 Å². The molecule has 0 aliphatic heterocycles. The third-order valence-electron chi connectivity index (χ3n) is 3.49. The van der Waals surface area contributed by atoms with Gasteiger partial charge in [0.1, 0.15) is 5.82 Å². The fraction of sp³-hybridized carbons (Fsp3) is 0.312. The number of imidazole rings is 1. The number of halogens is 2. The van der Waals surface area contributed by atoms with Crippen molar-refractivity contribution in [3.8, 4) is 0 Å². The van der Waals surface area contributed by atoms with Crippen molar-refractivity contribution in [2.45, 2.75) is 30.7 Å². The van der Waals surface area contributed by atoms with Crippen LogP contribution >= 0.6 is 23.1 Å². The number of benzene rings is 1. The number of thiazole rings is 1. The molecule has 0 aliphatic rings. The van der Waals surface area contributed by atoms with Crippen molar-refractivity contribution < 1.29 is 13.6 Å². The summed E-state index contributed by atoms with van der Waals surface area (Å²) in [7, 11) is 0. The van der Waals surface area contributed by atoms with Crippen molar-refractivity contribution in [1.82, 2.24) is 14.5 Å². The van der Waals surface area contributed by atoms with Crippen LogP contribution in [0.2, 0.25) is 0 Å². The Kier molecular flexibility index (Phi) is 5.64. The molecule has 1 N–H and O–H groups in total. The monoisotopic (exact) mass is 382 g/mol. The van der Waals surface area contributed by atoms with Gasteiger partial charge in [0.2, 0.25) is 12.3 Å². The van der Waals surface area contributed by atoms with Gasteiger partial charge < -0.3 is 9.88 Å². The van der Waals surface area contributed by atoms with E-state index in [9.17, 15) is 13.6 Å². The Labute approximate surface area is 151 Å². The van der Waals surface area contributed by atoms with E-state index >= 15 is 0 Å². The van der Waals surface area contributed by atoms with Gasteiger partial charge >= 0.3 is 0 Å². The van der Waals surface area contributed by atoms with Gasteiger partial charge in [-0.05, 0) is 25.1 Å². The maximum absolute atomic E-state index is 12.3. The third kappa shape index (κ3) is 4.76. The lowest BCUT2D eigenvalue weighted by atomic mass is 10.3. The third-order valence-corrected chi connectivity index (χ3v) is 5.66. The standard InChI is InChI=1S/C16H16F2N4OS2/c1-10-19-5-7-22(10)6-4-15(23)20-11-2-3-12-13(8-11)25-16(21-12)24-9-14(17)18/h2-3,5,7-8,14H,4,6,9H2,1H3,(H,20,23). The van der Waals surface area contributed by atoms with Gasteiger partial charge in [0.25, 0.3) is 0 Å². The normalized spacial score (nSPS) is 11.4. The van der Waals surface area contributed by atoms with Crippen molar-refractivity contribution >= 4 is 44.9 Å². The number of aryl methyl sites for hydroxylation is 2. The number of thioether (sulfide) groups is 1. The predicted octanol–water partition coefficient (Wildman–Crippen LogP) is 4.19. The van der Waals surface area contributed by atoms with Crippen LogP contribution in [-0.2, 0) is 11.3 Å². The number of nitrogens with zero attached hydrogens (tertiary/aromatic N) is 3. The van der Waals surface area contributed by atoms with Crippen LogP contribution in [0.3, 0.4) is 0 Å². The molecule has 0 radical (unpaired) electrons. The minimum atomic E-state index is -2.36. The van der Waals surface area contributed by atoms with Crippen molar-refractivity contribution in [1.29, 1.82) is 0 Å². The number of nitrogens with one attached hydrogen (secondary N) is 1. The number of alkyl halides is 2. The highest BCUT2D eigenvalue weighted by Crippen LogP contribution is 2.32. The maximum atomic E-state index is 12.3. The van der Waals surface area contributed by atoms with Crippen LogP contribution in [0.4, 0.5) is 14.5 Å². The zero-order valence-corrected chi connectivity index (χ0v) is 15.0. The number of anilines is 1. The minimum absolute atomic E-state index is 0.0933. The van der Waals surface area contributed by atoms with Crippen LogP contribution in [0.1, 0.15) is 12.2 Å². The van der Waals surface area contributed by atoms with Crippen LogP contribution in [-0.4, -0.2) is 32.6 Å². The van der Waals surface area contributed by atoms with E-state index in [-0.39, 0.29) is 11.7 Å². The summed E-state index contributed by atoms with van der Waals surface area (Å²) in [6.07, 6.45) is 1.53. The molecule has 3 aromatic rings. The van der Waals surface area contributed by atoms with E-state index in [4.69, 9.17) is 0 Å². The first-order valence-electron chi connectivity index (χ1n) is 7.60. The van der Waals surface area contributed by atoms with E-state index in [2.05, 4.69) is 15.3 Å². The number of amides is 1. The molecule has 0 fully saturated rings. The number of hydrogen-bond acceptors (Lipinski definition) is 5. The molecule has 1 amide bonds. The number of carbonyl (C=O) groups excluding carboxylic acids is 1. The molecule has 3 rings (SSSR count). The molecule has 5 nitrogen and oxygen atoms in total. The first-order chi connectivity index (χ1) is 12.0. The molecule has 1 aromatic carbocycles. The second-order valence-electron chi connectivity index (χ2n) is 5.33.